The molecular weight excluding hydrogens is 240 g/mol. The van der Waals surface area contributed by atoms with E-state index in [1.807, 2.05) is 24.3 Å². The summed E-state index contributed by atoms with van der Waals surface area (Å²) in [5.41, 5.74) is 5.90. The molecule has 1 aliphatic carbocycles. The molecule has 19 heavy (non-hydrogen) atoms. The fourth-order valence-electron chi connectivity index (χ4n) is 2.62. The monoisotopic (exact) mass is 262 g/mol. The predicted octanol–water partition coefficient (Wildman–Crippen LogP) is 2.40. The number of carbonyl (C=O) groups excluding carboxylic acids is 1. The van der Waals surface area contributed by atoms with Crippen LogP contribution in [0.1, 0.15) is 26.7 Å². The van der Waals surface area contributed by atoms with Gasteiger partial charge in [0.15, 0.2) is 0 Å². The summed E-state index contributed by atoms with van der Waals surface area (Å²) in [6.07, 6.45) is 1.62. The van der Waals surface area contributed by atoms with Crippen molar-refractivity contribution in [3.63, 3.8) is 0 Å². The molecule has 3 N–H and O–H groups in total. The zero-order valence-corrected chi connectivity index (χ0v) is 11.8. The average Bonchev–Trinajstić information content (AvgIpc) is 2.33. The number of nitrogens with two attached hydrogens (primary N) is 1. The molecule has 0 radical (unpaired) electrons. The molecule has 1 aromatic carbocycles. The summed E-state index contributed by atoms with van der Waals surface area (Å²) in [5, 5.41) is 3.30. The fraction of sp³-hybridized carbons (Fsp3) is 0.533. The first-order valence-corrected chi connectivity index (χ1v) is 6.69. The van der Waals surface area contributed by atoms with Gasteiger partial charge in [0.25, 0.3) is 0 Å². The maximum atomic E-state index is 11.7. The number of methoxy groups -OCH3 is 1. The average molecular weight is 262 g/mol. The third-order valence-corrected chi connectivity index (χ3v) is 4.11. The van der Waals surface area contributed by atoms with Crippen LogP contribution in [0.2, 0.25) is 0 Å². The maximum Gasteiger partial charge on any atom is 0.243 e. The second-order valence-corrected chi connectivity index (χ2v) is 5.71. The minimum absolute atomic E-state index is 0.264. The number of ether oxygens (including phenoxy) is 1. The molecule has 0 aromatic heterocycles. The minimum atomic E-state index is -0.580. The van der Waals surface area contributed by atoms with Crippen molar-refractivity contribution < 1.29 is 9.53 Å². The molecular formula is C15H22N2O2. The first kappa shape index (κ1) is 13.7. The van der Waals surface area contributed by atoms with E-state index in [2.05, 4.69) is 19.2 Å². The number of amides is 1. The second-order valence-electron chi connectivity index (χ2n) is 5.71. The molecule has 2 rings (SSSR count). The van der Waals surface area contributed by atoms with Crippen LogP contribution in [0.25, 0.3) is 0 Å². The lowest BCUT2D eigenvalue weighted by Crippen LogP contribution is -2.60. The summed E-state index contributed by atoms with van der Waals surface area (Å²) in [7, 11) is 1.63. The molecule has 0 unspecified atom stereocenters. The highest BCUT2D eigenvalue weighted by Gasteiger charge is 2.49. The Kier molecular flexibility index (Phi) is 3.69. The SMILES string of the molecule is COc1ccc(NC2(C(N)=O)CC(C(C)C)C2)cc1. The molecule has 104 valence electrons. The van der Waals surface area contributed by atoms with E-state index in [1.165, 1.54) is 0 Å². The third kappa shape index (κ3) is 2.67. The van der Waals surface area contributed by atoms with Gasteiger partial charge >= 0.3 is 0 Å². The molecule has 1 amide bonds. The molecule has 1 aromatic rings. The van der Waals surface area contributed by atoms with Gasteiger partial charge in [-0.25, -0.2) is 0 Å². The Morgan fingerprint density at radius 1 is 1.37 bits per heavy atom. The second kappa shape index (κ2) is 5.11. The van der Waals surface area contributed by atoms with E-state index in [9.17, 15) is 4.79 Å². The summed E-state index contributed by atoms with van der Waals surface area (Å²) in [5.74, 6) is 1.69. The molecule has 0 atom stereocenters. The molecule has 1 fully saturated rings. The van der Waals surface area contributed by atoms with E-state index in [-0.39, 0.29) is 5.91 Å². The van der Waals surface area contributed by atoms with E-state index in [0.29, 0.717) is 11.8 Å². The molecule has 4 heteroatoms. The van der Waals surface area contributed by atoms with Crippen molar-refractivity contribution in [3.8, 4) is 5.75 Å². The summed E-state index contributed by atoms with van der Waals surface area (Å²) in [6, 6.07) is 7.56. The number of nitrogens with one attached hydrogen (secondary N) is 1. The Hall–Kier alpha value is -1.71. The van der Waals surface area contributed by atoms with Crippen molar-refractivity contribution in [2.24, 2.45) is 17.6 Å². The highest BCUT2D eigenvalue weighted by atomic mass is 16.5. The van der Waals surface area contributed by atoms with E-state index in [0.717, 1.165) is 24.3 Å². The molecule has 1 saturated carbocycles. The lowest BCUT2D eigenvalue weighted by molar-refractivity contribution is -0.127. The smallest absolute Gasteiger partial charge is 0.243 e. The van der Waals surface area contributed by atoms with Crippen LogP contribution < -0.4 is 15.8 Å². The van der Waals surface area contributed by atoms with Gasteiger partial charge in [-0.15, -0.1) is 0 Å². The largest absolute Gasteiger partial charge is 0.497 e. The van der Waals surface area contributed by atoms with Crippen LogP contribution in [-0.2, 0) is 4.79 Å². The Balaban J connectivity index is 2.08. The normalized spacial score (nSPS) is 25.8. The van der Waals surface area contributed by atoms with Crippen molar-refractivity contribution in [2.75, 3.05) is 12.4 Å². The van der Waals surface area contributed by atoms with Gasteiger partial charge in [0.2, 0.25) is 5.91 Å². The van der Waals surface area contributed by atoms with Gasteiger partial charge in [-0.2, -0.15) is 0 Å². The standard InChI is InChI=1S/C15H22N2O2/c1-10(2)11-8-15(9-11,14(16)18)17-12-4-6-13(19-3)7-5-12/h4-7,10-11,17H,8-9H2,1-3H3,(H2,16,18). The van der Waals surface area contributed by atoms with Gasteiger partial charge in [0, 0.05) is 5.69 Å². The lowest BCUT2D eigenvalue weighted by Gasteiger charge is -2.48. The van der Waals surface area contributed by atoms with E-state index >= 15 is 0 Å². The van der Waals surface area contributed by atoms with Crippen molar-refractivity contribution in [2.45, 2.75) is 32.2 Å². The number of anilines is 1. The molecule has 0 saturated heterocycles. The van der Waals surface area contributed by atoms with Crippen molar-refractivity contribution in [1.82, 2.24) is 0 Å². The summed E-state index contributed by atoms with van der Waals surface area (Å²) in [6.45, 7) is 4.37. The molecule has 0 spiro atoms. The molecule has 0 heterocycles. The van der Waals surface area contributed by atoms with Crippen LogP contribution in [-0.4, -0.2) is 18.6 Å². The van der Waals surface area contributed by atoms with Crippen LogP contribution >= 0.6 is 0 Å². The lowest BCUT2D eigenvalue weighted by atomic mass is 9.63. The third-order valence-electron chi connectivity index (χ3n) is 4.11. The number of benzene rings is 1. The van der Waals surface area contributed by atoms with E-state index < -0.39 is 5.54 Å². The molecule has 0 aliphatic heterocycles. The van der Waals surface area contributed by atoms with Gasteiger partial charge < -0.3 is 15.8 Å². The Morgan fingerprint density at radius 2 is 1.95 bits per heavy atom. The predicted molar refractivity (Wildman–Crippen MR) is 76.1 cm³/mol. The van der Waals surface area contributed by atoms with Gasteiger partial charge in [0.1, 0.15) is 11.3 Å². The molecule has 0 bridgehead atoms. The van der Waals surface area contributed by atoms with Crippen LogP contribution in [0, 0.1) is 11.8 Å². The number of hydrogen-bond donors (Lipinski definition) is 2. The van der Waals surface area contributed by atoms with Gasteiger partial charge in [-0.3, -0.25) is 4.79 Å². The first-order valence-electron chi connectivity index (χ1n) is 6.69. The Morgan fingerprint density at radius 3 is 2.37 bits per heavy atom. The maximum absolute atomic E-state index is 11.7. The summed E-state index contributed by atoms with van der Waals surface area (Å²) < 4.78 is 5.12. The zero-order valence-electron chi connectivity index (χ0n) is 11.8. The van der Waals surface area contributed by atoms with Gasteiger partial charge in [-0.05, 0) is 48.9 Å². The van der Waals surface area contributed by atoms with Crippen molar-refractivity contribution >= 4 is 11.6 Å². The minimum Gasteiger partial charge on any atom is -0.497 e. The highest BCUT2D eigenvalue weighted by Crippen LogP contribution is 2.44. The first-order chi connectivity index (χ1) is 8.97. The van der Waals surface area contributed by atoms with Crippen LogP contribution in [0.4, 0.5) is 5.69 Å². The summed E-state index contributed by atoms with van der Waals surface area (Å²) in [4.78, 5) is 11.7. The van der Waals surface area contributed by atoms with Gasteiger partial charge in [-0.1, -0.05) is 13.8 Å². The number of hydrogen-bond acceptors (Lipinski definition) is 3. The van der Waals surface area contributed by atoms with E-state index in [1.54, 1.807) is 7.11 Å². The van der Waals surface area contributed by atoms with Crippen molar-refractivity contribution in [1.29, 1.82) is 0 Å². The highest BCUT2D eigenvalue weighted by molar-refractivity contribution is 5.89. The van der Waals surface area contributed by atoms with Gasteiger partial charge in [0.05, 0.1) is 7.11 Å². The molecule has 4 nitrogen and oxygen atoms in total. The number of primary amides is 1. The topological polar surface area (TPSA) is 64.3 Å². The number of carbonyl (C=O) groups is 1. The van der Waals surface area contributed by atoms with Crippen LogP contribution in [0.3, 0.4) is 0 Å². The van der Waals surface area contributed by atoms with Crippen molar-refractivity contribution in [3.05, 3.63) is 24.3 Å². The van der Waals surface area contributed by atoms with Crippen LogP contribution in [0.15, 0.2) is 24.3 Å². The Bertz CT molecular complexity index is 448. The van der Waals surface area contributed by atoms with Crippen LogP contribution in [0.5, 0.6) is 5.75 Å². The zero-order chi connectivity index (χ0) is 14.0. The number of rotatable bonds is 5. The molecule has 1 aliphatic rings. The summed E-state index contributed by atoms with van der Waals surface area (Å²) >= 11 is 0. The quantitative estimate of drug-likeness (QED) is 0.856. The van der Waals surface area contributed by atoms with E-state index in [4.69, 9.17) is 10.5 Å². The fourth-order valence-corrected chi connectivity index (χ4v) is 2.62. The Labute approximate surface area is 114 Å².